The summed E-state index contributed by atoms with van der Waals surface area (Å²) in [5.74, 6) is 0. The zero-order chi connectivity index (χ0) is 18.9. The van der Waals surface area contributed by atoms with Crippen LogP contribution >= 0.6 is 0 Å². The highest BCUT2D eigenvalue weighted by atomic mass is 16.5. The molecule has 0 unspecified atom stereocenters. The zero-order valence-electron chi connectivity index (χ0n) is 15.7. The van der Waals surface area contributed by atoms with E-state index in [9.17, 15) is 0 Å². The van der Waals surface area contributed by atoms with Crippen LogP contribution in [0.2, 0.25) is 0 Å². The molecular formula is C27H20O. The molecular weight excluding hydrogens is 340 g/mol. The molecule has 0 atom stereocenters. The van der Waals surface area contributed by atoms with Crippen molar-refractivity contribution in [2.45, 2.75) is 0 Å². The van der Waals surface area contributed by atoms with Crippen LogP contribution < -0.4 is 0 Å². The fraction of sp³-hybridized carbons (Fsp3) is 0.0370. The molecule has 0 radical (unpaired) electrons. The normalized spacial score (nSPS) is 11.6. The van der Waals surface area contributed by atoms with Crippen LogP contribution in [0.4, 0.5) is 0 Å². The van der Waals surface area contributed by atoms with Crippen LogP contribution in [0.3, 0.4) is 0 Å². The van der Waals surface area contributed by atoms with Gasteiger partial charge in [-0.05, 0) is 61.2 Å². The Morgan fingerprint density at radius 2 is 1.25 bits per heavy atom. The van der Waals surface area contributed by atoms with Gasteiger partial charge in [0.15, 0.2) is 0 Å². The standard InChI is InChI=1S/C27H20O/c1-28-17-16-20-9-3-5-11-22(20)26-18-27-21-10-4-2-8-19(21)14-15-25(27)23-12-6-7-13-24(23)26/h2-18H,1H3/b17-16+. The summed E-state index contributed by atoms with van der Waals surface area (Å²) >= 11 is 0. The van der Waals surface area contributed by atoms with Gasteiger partial charge in [0.05, 0.1) is 13.4 Å². The molecule has 0 aliphatic heterocycles. The fourth-order valence-electron chi connectivity index (χ4n) is 4.11. The average Bonchev–Trinajstić information content (AvgIpc) is 2.77. The van der Waals surface area contributed by atoms with Crippen LogP contribution in [0.5, 0.6) is 0 Å². The van der Waals surface area contributed by atoms with Crippen molar-refractivity contribution < 1.29 is 4.74 Å². The summed E-state index contributed by atoms with van der Waals surface area (Å²) in [5, 5.41) is 7.69. The molecule has 0 aliphatic carbocycles. The summed E-state index contributed by atoms with van der Waals surface area (Å²) < 4.78 is 5.17. The molecule has 1 nitrogen and oxygen atoms in total. The Balaban J connectivity index is 1.94. The van der Waals surface area contributed by atoms with E-state index in [1.54, 1.807) is 13.4 Å². The summed E-state index contributed by atoms with van der Waals surface area (Å²) in [6, 6.07) is 32.6. The summed E-state index contributed by atoms with van der Waals surface area (Å²) in [6.45, 7) is 0. The molecule has 0 saturated heterocycles. The van der Waals surface area contributed by atoms with Gasteiger partial charge in [-0.3, -0.25) is 0 Å². The number of hydrogen-bond acceptors (Lipinski definition) is 1. The van der Waals surface area contributed by atoms with Gasteiger partial charge in [-0.25, -0.2) is 0 Å². The van der Waals surface area contributed by atoms with Gasteiger partial charge in [-0.2, -0.15) is 0 Å². The van der Waals surface area contributed by atoms with Gasteiger partial charge >= 0.3 is 0 Å². The van der Waals surface area contributed by atoms with E-state index in [0.717, 1.165) is 5.56 Å². The maximum absolute atomic E-state index is 5.17. The summed E-state index contributed by atoms with van der Waals surface area (Å²) in [4.78, 5) is 0. The first-order valence-corrected chi connectivity index (χ1v) is 9.49. The number of benzene rings is 5. The van der Waals surface area contributed by atoms with Crippen molar-refractivity contribution in [2.24, 2.45) is 0 Å². The maximum Gasteiger partial charge on any atom is 0.0830 e. The van der Waals surface area contributed by atoms with Crippen LogP contribution in [0.15, 0.2) is 97.3 Å². The smallest absolute Gasteiger partial charge is 0.0830 e. The Kier molecular flexibility index (Phi) is 4.06. The summed E-state index contributed by atoms with van der Waals surface area (Å²) in [6.07, 6.45) is 3.76. The van der Waals surface area contributed by atoms with E-state index >= 15 is 0 Å². The van der Waals surface area contributed by atoms with Gasteiger partial charge in [0, 0.05) is 0 Å². The highest BCUT2D eigenvalue weighted by Gasteiger charge is 2.12. The molecule has 0 fully saturated rings. The number of rotatable bonds is 3. The van der Waals surface area contributed by atoms with Crippen molar-refractivity contribution in [3.63, 3.8) is 0 Å². The summed E-state index contributed by atoms with van der Waals surface area (Å²) in [5.41, 5.74) is 3.60. The van der Waals surface area contributed by atoms with Gasteiger partial charge in [0.2, 0.25) is 0 Å². The van der Waals surface area contributed by atoms with E-state index in [0.29, 0.717) is 0 Å². The van der Waals surface area contributed by atoms with Crippen LogP contribution in [-0.2, 0) is 4.74 Å². The molecule has 5 aromatic carbocycles. The van der Waals surface area contributed by atoms with Gasteiger partial charge in [-0.1, -0.05) is 84.9 Å². The van der Waals surface area contributed by atoms with E-state index in [-0.39, 0.29) is 0 Å². The predicted octanol–water partition coefficient (Wildman–Crippen LogP) is 7.43. The minimum Gasteiger partial charge on any atom is -0.504 e. The molecule has 5 rings (SSSR count). The van der Waals surface area contributed by atoms with Gasteiger partial charge in [0.25, 0.3) is 0 Å². The van der Waals surface area contributed by atoms with Gasteiger partial charge in [0.1, 0.15) is 0 Å². The first-order valence-electron chi connectivity index (χ1n) is 9.49. The first kappa shape index (κ1) is 16.6. The van der Waals surface area contributed by atoms with Crippen molar-refractivity contribution in [2.75, 3.05) is 7.11 Å². The Bertz CT molecular complexity index is 1340. The lowest BCUT2D eigenvalue weighted by molar-refractivity contribution is 0.341. The third-order valence-electron chi connectivity index (χ3n) is 5.40. The second-order valence-electron chi connectivity index (χ2n) is 6.98. The number of ether oxygens (including phenoxy) is 1. The Labute approximate surface area is 164 Å². The van der Waals surface area contributed by atoms with Gasteiger partial charge in [-0.15, -0.1) is 0 Å². The van der Waals surface area contributed by atoms with E-state index in [1.165, 1.54) is 43.4 Å². The largest absolute Gasteiger partial charge is 0.504 e. The quantitative estimate of drug-likeness (QED) is 0.240. The third-order valence-corrected chi connectivity index (χ3v) is 5.40. The topological polar surface area (TPSA) is 9.23 Å². The van der Waals surface area contributed by atoms with Crippen molar-refractivity contribution in [3.05, 3.63) is 103 Å². The van der Waals surface area contributed by atoms with Crippen LogP contribution in [0.25, 0.3) is 49.5 Å². The van der Waals surface area contributed by atoms with Crippen LogP contribution in [-0.4, -0.2) is 7.11 Å². The highest BCUT2D eigenvalue weighted by Crippen LogP contribution is 2.39. The average molecular weight is 360 g/mol. The molecule has 134 valence electrons. The highest BCUT2D eigenvalue weighted by molar-refractivity contribution is 6.21. The second-order valence-corrected chi connectivity index (χ2v) is 6.98. The maximum atomic E-state index is 5.17. The first-order chi connectivity index (χ1) is 13.9. The SMILES string of the molecule is CO/C=C/c1ccccc1-c1cc2c3ccccc3ccc2c2ccccc12. The summed E-state index contributed by atoms with van der Waals surface area (Å²) in [7, 11) is 1.68. The Morgan fingerprint density at radius 1 is 0.571 bits per heavy atom. The molecule has 0 amide bonds. The lowest BCUT2D eigenvalue weighted by Gasteiger charge is -2.14. The number of methoxy groups -OCH3 is 1. The zero-order valence-corrected chi connectivity index (χ0v) is 15.7. The second kappa shape index (κ2) is 6.86. The molecule has 0 saturated carbocycles. The molecule has 0 N–H and O–H groups in total. The van der Waals surface area contributed by atoms with Crippen LogP contribution in [0, 0.1) is 0 Å². The van der Waals surface area contributed by atoms with Crippen molar-refractivity contribution in [1.82, 2.24) is 0 Å². The van der Waals surface area contributed by atoms with Crippen molar-refractivity contribution in [1.29, 1.82) is 0 Å². The molecule has 0 bridgehead atoms. The Hall–Kier alpha value is -3.58. The predicted molar refractivity (Wildman–Crippen MR) is 120 cm³/mol. The molecule has 0 heterocycles. The molecule has 0 aromatic heterocycles. The Morgan fingerprint density at radius 3 is 2.11 bits per heavy atom. The van der Waals surface area contributed by atoms with E-state index in [2.05, 4.69) is 91.0 Å². The fourth-order valence-corrected chi connectivity index (χ4v) is 4.11. The monoisotopic (exact) mass is 360 g/mol. The molecule has 5 aromatic rings. The van der Waals surface area contributed by atoms with E-state index in [4.69, 9.17) is 4.74 Å². The van der Waals surface area contributed by atoms with E-state index < -0.39 is 0 Å². The minimum atomic E-state index is 1.15. The molecule has 28 heavy (non-hydrogen) atoms. The lowest BCUT2D eigenvalue weighted by atomic mass is 9.89. The van der Waals surface area contributed by atoms with Crippen molar-refractivity contribution in [3.8, 4) is 11.1 Å². The number of fused-ring (bicyclic) bond motifs is 5. The lowest BCUT2D eigenvalue weighted by Crippen LogP contribution is -1.88. The third kappa shape index (κ3) is 2.64. The van der Waals surface area contributed by atoms with Crippen LogP contribution in [0.1, 0.15) is 5.56 Å². The van der Waals surface area contributed by atoms with E-state index in [1.807, 2.05) is 6.08 Å². The molecule has 0 spiro atoms. The van der Waals surface area contributed by atoms with Gasteiger partial charge < -0.3 is 4.74 Å². The minimum absolute atomic E-state index is 1.15. The number of hydrogen-bond donors (Lipinski definition) is 0. The molecule has 1 heteroatoms. The molecule has 0 aliphatic rings. The van der Waals surface area contributed by atoms with Crippen molar-refractivity contribution >= 4 is 38.4 Å².